The number of methoxy groups -OCH3 is 1. The monoisotopic (exact) mass is 475 g/mol. The fraction of sp³-hybridized carbons (Fsp3) is 0.333. The van der Waals surface area contributed by atoms with E-state index in [9.17, 15) is 10.1 Å². The van der Waals surface area contributed by atoms with E-state index in [4.69, 9.17) is 33.0 Å². The number of nitro benzene ring substituents is 1. The number of aromatic nitrogens is 2. The van der Waals surface area contributed by atoms with Crippen LogP contribution in [-0.2, 0) is 13.1 Å². The van der Waals surface area contributed by atoms with Gasteiger partial charge in [-0.25, -0.2) is 4.68 Å². The lowest BCUT2D eigenvalue weighted by molar-refractivity contribution is -0.384. The van der Waals surface area contributed by atoms with E-state index in [2.05, 4.69) is 10.00 Å². The third-order valence-electron chi connectivity index (χ3n) is 5.34. The minimum atomic E-state index is -0.396. The lowest BCUT2D eigenvalue weighted by Crippen LogP contribution is -2.47. The molecule has 0 unspecified atom stereocenters. The fourth-order valence-corrected chi connectivity index (χ4v) is 4.02. The molecule has 168 valence electrons. The minimum absolute atomic E-state index is 0.0212. The molecule has 0 radical (unpaired) electrons. The van der Waals surface area contributed by atoms with Gasteiger partial charge in [0, 0.05) is 37.3 Å². The summed E-state index contributed by atoms with van der Waals surface area (Å²) in [6.45, 7) is 3.21. The molecule has 0 atom stereocenters. The second kappa shape index (κ2) is 9.68. The molecule has 0 aliphatic carbocycles. The number of hydrogen-bond donors (Lipinski definition) is 0. The molecule has 3 aromatic rings. The normalized spacial score (nSPS) is 14.5. The summed E-state index contributed by atoms with van der Waals surface area (Å²) >= 11 is 11.3. The second-order valence-corrected chi connectivity index (χ2v) is 8.21. The van der Waals surface area contributed by atoms with Gasteiger partial charge in [0.15, 0.2) is 0 Å². The number of benzene rings is 2. The van der Waals surface area contributed by atoms with Gasteiger partial charge in [-0.1, -0.05) is 23.7 Å². The van der Waals surface area contributed by atoms with Crippen molar-refractivity contribution in [2.75, 3.05) is 38.2 Å². The SMILES string of the molecule is COc1ccc(Cc2nn(CN3CCN(c4ccc(Cl)cc4[N+](=O)[O-])CC3)c(=S)o2)cc1. The highest BCUT2D eigenvalue weighted by Gasteiger charge is 2.24. The summed E-state index contributed by atoms with van der Waals surface area (Å²) < 4.78 is 12.5. The smallest absolute Gasteiger partial charge is 0.294 e. The fourth-order valence-electron chi connectivity index (χ4n) is 3.66. The summed E-state index contributed by atoms with van der Waals surface area (Å²) in [6, 6.07) is 12.5. The number of anilines is 1. The molecule has 11 heteroatoms. The Morgan fingerprint density at radius 2 is 1.91 bits per heavy atom. The predicted molar refractivity (Wildman–Crippen MR) is 123 cm³/mol. The average Bonchev–Trinajstić information content (AvgIpc) is 3.13. The van der Waals surface area contributed by atoms with E-state index < -0.39 is 4.92 Å². The first kappa shape index (κ1) is 22.3. The average molecular weight is 476 g/mol. The van der Waals surface area contributed by atoms with Crippen molar-refractivity contribution in [2.45, 2.75) is 13.1 Å². The van der Waals surface area contributed by atoms with E-state index in [1.54, 1.807) is 23.9 Å². The van der Waals surface area contributed by atoms with Gasteiger partial charge in [0.05, 0.1) is 25.1 Å². The number of halogens is 1. The molecule has 9 nitrogen and oxygen atoms in total. The number of ether oxygens (including phenoxy) is 1. The van der Waals surface area contributed by atoms with Crippen molar-refractivity contribution in [3.8, 4) is 5.75 Å². The van der Waals surface area contributed by atoms with Gasteiger partial charge in [-0.05, 0) is 42.0 Å². The van der Waals surface area contributed by atoms with Gasteiger partial charge in [-0.3, -0.25) is 15.0 Å². The molecular weight excluding hydrogens is 454 g/mol. The standard InChI is InChI=1S/C21H22ClN5O4S/c1-30-17-5-2-15(3-6-17)12-20-23-26(21(32)31-20)14-24-8-10-25(11-9-24)18-7-4-16(22)13-19(18)27(28)29/h2-7,13H,8-12,14H2,1H3. The largest absolute Gasteiger partial charge is 0.497 e. The van der Waals surface area contributed by atoms with Crippen molar-refractivity contribution in [1.29, 1.82) is 0 Å². The first-order valence-corrected chi connectivity index (χ1v) is 10.8. The van der Waals surface area contributed by atoms with Gasteiger partial charge in [0.25, 0.3) is 10.5 Å². The highest BCUT2D eigenvalue weighted by Crippen LogP contribution is 2.31. The van der Waals surface area contributed by atoms with Gasteiger partial charge >= 0.3 is 0 Å². The van der Waals surface area contributed by atoms with Crippen LogP contribution in [0.15, 0.2) is 46.9 Å². The van der Waals surface area contributed by atoms with Crippen molar-refractivity contribution in [2.24, 2.45) is 0 Å². The Balaban J connectivity index is 1.37. The quantitative estimate of drug-likeness (QED) is 0.286. The zero-order valence-corrected chi connectivity index (χ0v) is 19.0. The number of nitrogens with zero attached hydrogens (tertiary/aromatic N) is 5. The van der Waals surface area contributed by atoms with Crippen LogP contribution < -0.4 is 9.64 Å². The van der Waals surface area contributed by atoms with Crippen molar-refractivity contribution in [1.82, 2.24) is 14.7 Å². The second-order valence-electron chi connectivity index (χ2n) is 7.42. The van der Waals surface area contributed by atoms with Gasteiger partial charge < -0.3 is 14.1 Å². The minimum Gasteiger partial charge on any atom is -0.497 e. The van der Waals surface area contributed by atoms with Crippen LogP contribution in [0.3, 0.4) is 0 Å². The molecule has 1 aliphatic rings. The Morgan fingerprint density at radius 1 is 1.19 bits per heavy atom. The summed E-state index contributed by atoms with van der Waals surface area (Å²) in [5.41, 5.74) is 1.65. The molecule has 32 heavy (non-hydrogen) atoms. The lowest BCUT2D eigenvalue weighted by Gasteiger charge is -2.35. The molecule has 1 aromatic heterocycles. The molecule has 1 aliphatic heterocycles. The van der Waals surface area contributed by atoms with Crippen molar-refractivity contribution in [3.05, 3.63) is 73.9 Å². The van der Waals surface area contributed by atoms with Crippen LogP contribution in [0.4, 0.5) is 11.4 Å². The molecule has 0 amide bonds. The van der Waals surface area contributed by atoms with E-state index >= 15 is 0 Å². The highest BCUT2D eigenvalue weighted by atomic mass is 35.5. The Bertz CT molecular complexity index is 1160. The molecule has 2 heterocycles. The molecule has 1 fully saturated rings. The number of rotatable bonds is 7. The maximum absolute atomic E-state index is 11.4. The van der Waals surface area contributed by atoms with Crippen LogP contribution in [0.2, 0.25) is 5.02 Å². The van der Waals surface area contributed by atoms with E-state index in [1.807, 2.05) is 29.2 Å². The molecule has 0 bridgehead atoms. The highest BCUT2D eigenvalue weighted by molar-refractivity contribution is 7.71. The van der Waals surface area contributed by atoms with Crippen LogP contribution in [-0.4, -0.2) is 52.9 Å². The third-order valence-corrected chi connectivity index (χ3v) is 5.87. The van der Waals surface area contributed by atoms with E-state index in [0.717, 1.165) is 11.3 Å². The van der Waals surface area contributed by atoms with Gasteiger partial charge in [-0.15, -0.1) is 5.10 Å². The molecule has 4 rings (SSSR count). The van der Waals surface area contributed by atoms with Gasteiger partial charge in [-0.2, -0.15) is 0 Å². The van der Waals surface area contributed by atoms with Crippen LogP contribution in [0, 0.1) is 15.0 Å². The molecule has 0 N–H and O–H groups in total. The number of nitro groups is 1. The molecule has 1 saturated heterocycles. The first-order valence-electron chi connectivity index (χ1n) is 10.0. The Labute approximate surface area is 194 Å². The summed E-state index contributed by atoms with van der Waals surface area (Å²) in [5.74, 6) is 1.35. The Kier molecular flexibility index (Phi) is 6.73. The van der Waals surface area contributed by atoms with Crippen molar-refractivity contribution in [3.63, 3.8) is 0 Å². The Hall–Kier alpha value is -2.95. The summed E-state index contributed by atoms with van der Waals surface area (Å²) in [5, 5.41) is 16.3. The molecule has 2 aromatic carbocycles. The van der Waals surface area contributed by atoms with Gasteiger partial charge in [0.2, 0.25) is 5.89 Å². The van der Waals surface area contributed by atoms with E-state index in [-0.39, 0.29) is 5.69 Å². The lowest BCUT2D eigenvalue weighted by atomic mass is 10.1. The van der Waals surface area contributed by atoms with Crippen molar-refractivity contribution >= 4 is 35.2 Å². The molecular formula is C21H22ClN5O4S. The zero-order chi connectivity index (χ0) is 22.7. The van der Waals surface area contributed by atoms with E-state index in [1.165, 1.54) is 6.07 Å². The van der Waals surface area contributed by atoms with E-state index in [0.29, 0.717) is 60.7 Å². The van der Waals surface area contributed by atoms with Crippen LogP contribution in [0.5, 0.6) is 5.75 Å². The Morgan fingerprint density at radius 3 is 2.56 bits per heavy atom. The zero-order valence-electron chi connectivity index (χ0n) is 17.4. The van der Waals surface area contributed by atoms with Crippen LogP contribution >= 0.6 is 23.8 Å². The predicted octanol–water partition coefficient (Wildman–Crippen LogP) is 4.15. The summed E-state index contributed by atoms with van der Waals surface area (Å²) in [6.07, 6.45) is 0.536. The number of piperazine rings is 1. The summed E-state index contributed by atoms with van der Waals surface area (Å²) in [7, 11) is 1.63. The maximum Gasteiger partial charge on any atom is 0.294 e. The molecule has 0 spiro atoms. The molecule has 0 saturated carbocycles. The van der Waals surface area contributed by atoms with Gasteiger partial charge in [0.1, 0.15) is 11.4 Å². The topological polar surface area (TPSA) is 89.8 Å². The maximum atomic E-state index is 11.4. The number of hydrogen-bond acceptors (Lipinski definition) is 8. The van der Waals surface area contributed by atoms with Crippen LogP contribution in [0.1, 0.15) is 11.5 Å². The third kappa shape index (κ3) is 5.09. The summed E-state index contributed by atoms with van der Waals surface area (Å²) in [4.78, 5) is 15.5. The van der Waals surface area contributed by atoms with Crippen LogP contribution in [0.25, 0.3) is 0 Å². The van der Waals surface area contributed by atoms with Crippen molar-refractivity contribution < 1.29 is 14.1 Å². The first-order chi connectivity index (χ1) is 15.4.